The number of aromatic nitrogens is 2. The molecule has 0 unspecified atom stereocenters. The minimum Gasteiger partial charge on any atom is -0.335 e. The predicted octanol–water partition coefficient (Wildman–Crippen LogP) is 3.08. The van der Waals surface area contributed by atoms with Crippen LogP contribution in [-0.4, -0.2) is 59.9 Å². The molecule has 8 heteroatoms. The Kier molecular flexibility index (Phi) is 5.66. The second kappa shape index (κ2) is 8.07. The summed E-state index contributed by atoms with van der Waals surface area (Å²) in [7, 11) is -1.47. The molecule has 1 aliphatic rings. The highest BCUT2D eigenvalue weighted by atomic mass is 35.5. The first-order valence-corrected chi connectivity index (χ1v) is 11.6. The molecule has 0 spiro atoms. The summed E-state index contributed by atoms with van der Waals surface area (Å²) >= 11 is 5.97. The molecule has 2 aromatic heterocycles. The van der Waals surface area contributed by atoms with Crippen LogP contribution in [-0.2, 0) is 23.5 Å². The maximum absolute atomic E-state index is 13.0. The molecule has 1 saturated heterocycles. The van der Waals surface area contributed by atoms with Crippen molar-refractivity contribution < 1.29 is 8.42 Å². The van der Waals surface area contributed by atoms with Gasteiger partial charge in [-0.05, 0) is 54.8 Å². The number of hydrogen-bond donors (Lipinski definition) is 0. The first kappa shape index (κ1) is 20.3. The second-order valence-corrected chi connectivity index (χ2v) is 9.89. The SMILES string of the molecule is Cc1cc(Cl)ccc1S(=O)(=O)N1CCN(CCc2cn(C)c3ncccc23)CC1. The zero-order chi connectivity index (χ0) is 20.6. The maximum atomic E-state index is 13.0. The van der Waals surface area contributed by atoms with Crippen molar-refractivity contribution in [1.82, 2.24) is 18.8 Å². The van der Waals surface area contributed by atoms with Crippen LogP contribution in [0.4, 0.5) is 0 Å². The van der Waals surface area contributed by atoms with E-state index in [4.69, 9.17) is 11.6 Å². The van der Waals surface area contributed by atoms with E-state index in [0.717, 1.165) is 31.7 Å². The van der Waals surface area contributed by atoms with Gasteiger partial charge in [0, 0.05) is 62.6 Å². The fourth-order valence-corrected chi connectivity index (χ4v) is 5.86. The van der Waals surface area contributed by atoms with Gasteiger partial charge in [0.05, 0.1) is 4.90 Å². The third-order valence-corrected chi connectivity index (χ3v) is 7.89. The zero-order valence-corrected chi connectivity index (χ0v) is 18.2. The quantitative estimate of drug-likeness (QED) is 0.621. The molecule has 6 nitrogen and oxygen atoms in total. The lowest BCUT2D eigenvalue weighted by atomic mass is 10.1. The van der Waals surface area contributed by atoms with Gasteiger partial charge in [0.2, 0.25) is 10.0 Å². The molecule has 1 fully saturated rings. The third kappa shape index (κ3) is 4.05. The van der Waals surface area contributed by atoms with Crippen LogP contribution < -0.4 is 0 Å². The van der Waals surface area contributed by atoms with Crippen LogP contribution in [0.1, 0.15) is 11.1 Å². The Hall–Kier alpha value is -1.93. The van der Waals surface area contributed by atoms with Crippen LogP contribution in [0.15, 0.2) is 47.6 Å². The minimum absolute atomic E-state index is 0.346. The van der Waals surface area contributed by atoms with Gasteiger partial charge in [0.1, 0.15) is 5.65 Å². The van der Waals surface area contributed by atoms with Crippen molar-refractivity contribution in [1.29, 1.82) is 0 Å². The van der Waals surface area contributed by atoms with Gasteiger partial charge in [-0.15, -0.1) is 0 Å². The van der Waals surface area contributed by atoms with Crippen LogP contribution in [0.2, 0.25) is 5.02 Å². The summed E-state index contributed by atoms with van der Waals surface area (Å²) in [6.45, 7) is 5.16. The smallest absolute Gasteiger partial charge is 0.243 e. The van der Waals surface area contributed by atoms with E-state index in [-0.39, 0.29) is 0 Å². The molecule has 4 rings (SSSR count). The molecule has 29 heavy (non-hydrogen) atoms. The first-order chi connectivity index (χ1) is 13.9. The number of aryl methyl sites for hydroxylation is 2. The lowest BCUT2D eigenvalue weighted by molar-refractivity contribution is 0.190. The van der Waals surface area contributed by atoms with Crippen LogP contribution in [0.25, 0.3) is 11.0 Å². The molecule has 0 amide bonds. The fourth-order valence-electron chi connectivity index (χ4n) is 4.01. The van der Waals surface area contributed by atoms with E-state index in [9.17, 15) is 8.42 Å². The van der Waals surface area contributed by atoms with Crippen LogP contribution in [0, 0.1) is 6.92 Å². The van der Waals surface area contributed by atoms with Gasteiger partial charge < -0.3 is 9.47 Å². The van der Waals surface area contributed by atoms with E-state index < -0.39 is 10.0 Å². The van der Waals surface area contributed by atoms with Crippen molar-refractivity contribution in [2.45, 2.75) is 18.2 Å². The molecule has 1 aliphatic heterocycles. The number of hydrogen-bond acceptors (Lipinski definition) is 4. The van der Waals surface area contributed by atoms with Crippen LogP contribution in [0.5, 0.6) is 0 Å². The van der Waals surface area contributed by atoms with E-state index in [1.807, 2.05) is 19.3 Å². The van der Waals surface area contributed by atoms with Gasteiger partial charge in [-0.3, -0.25) is 0 Å². The largest absolute Gasteiger partial charge is 0.335 e. The van der Waals surface area contributed by atoms with Gasteiger partial charge in [-0.1, -0.05) is 11.6 Å². The van der Waals surface area contributed by atoms with E-state index in [2.05, 4.69) is 26.7 Å². The van der Waals surface area contributed by atoms with Crippen molar-refractivity contribution in [2.24, 2.45) is 7.05 Å². The van der Waals surface area contributed by atoms with Crippen molar-refractivity contribution >= 4 is 32.7 Å². The highest BCUT2D eigenvalue weighted by molar-refractivity contribution is 7.89. The molecule has 0 bridgehead atoms. The number of sulfonamides is 1. The van der Waals surface area contributed by atoms with Gasteiger partial charge in [0.25, 0.3) is 0 Å². The van der Waals surface area contributed by atoms with Crippen molar-refractivity contribution in [3.05, 3.63) is 58.9 Å². The van der Waals surface area contributed by atoms with Gasteiger partial charge in [-0.2, -0.15) is 4.31 Å². The van der Waals surface area contributed by atoms with Gasteiger partial charge in [-0.25, -0.2) is 13.4 Å². The van der Waals surface area contributed by atoms with Crippen molar-refractivity contribution in [3.8, 4) is 0 Å². The van der Waals surface area contributed by atoms with Gasteiger partial charge in [0.15, 0.2) is 0 Å². The molecule has 3 aromatic rings. The minimum atomic E-state index is -3.49. The number of benzene rings is 1. The third-order valence-electron chi connectivity index (χ3n) is 5.60. The van der Waals surface area contributed by atoms with Crippen LogP contribution >= 0.6 is 11.6 Å². The normalized spacial score (nSPS) is 16.5. The Morgan fingerprint density at radius 2 is 1.90 bits per heavy atom. The lowest BCUT2D eigenvalue weighted by Crippen LogP contribution is -2.49. The summed E-state index contributed by atoms with van der Waals surface area (Å²) in [6.07, 6.45) is 4.88. The van der Waals surface area contributed by atoms with E-state index in [1.54, 1.807) is 29.4 Å². The monoisotopic (exact) mass is 432 g/mol. The highest BCUT2D eigenvalue weighted by Crippen LogP contribution is 2.24. The number of fused-ring (bicyclic) bond motifs is 1. The second-order valence-electron chi connectivity index (χ2n) is 7.55. The Morgan fingerprint density at radius 1 is 1.14 bits per heavy atom. The number of nitrogens with zero attached hydrogens (tertiary/aromatic N) is 4. The summed E-state index contributed by atoms with van der Waals surface area (Å²) in [4.78, 5) is 7.12. The maximum Gasteiger partial charge on any atom is 0.243 e. The molecule has 1 aromatic carbocycles. The topological polar surface area (TPSA) is 58.4 Å². The Morgan fingerprint density at radius 3 is 2.62 bits per heavy atom. The molecule has 0 radical (unpaired) electrons. The van der Waals surface area contributed by atoms with E-state index in [1.165, 1.54) is 10.9 Å². The molecule has 0 atom stereocenters. The molecule has 3 heterocycles. The fraction of sp³-hybridized carbons (Fsp3) is 0.381. The van der Waals surface area contributed by atoms with E-state index in [0.29, 0.717) is 28.6 Å². The standard InChI is InChI=1S/C21H25ClN4O2S/c1-16-14-18(22)5-6-20(16)29(27,28)26-12-10-25(11-13-26)9-7-17-15-24(2)21-19(17)4-3-8-23-21/h3-6,8,14-15H,7,9-13H2,1-2H3. The van der Waals surface area contributed by atoms with E-state index >= 15 is 0 Å². The summed E-state index contributed by atoms with van der Waals surface area (Å²) < 4.78 is 29.7. The average Bonchev–Trinajstić information content (AvgIpc) is 3.02. The Bertz CT molecular complexity index is 1130. The average molecular weight is 433 g/mol. The number of rotatable bonds is 5. The summed E-state index contributed by atoms with van der Waals surface area (Å²) in [5.41, 5.74) is 2.96. The molecular formula is C21H25ClN4O2S. The summed E-state index contributed by atoms with van der Waals surface area (Å²) in [5, 5.41) is 1.74. The molecule has 0 N–H and O–H groups in total. The molecule has 154 valence electrons. The molecular weight excluding hydrogens is 408 g/mol. The van der Waals surface area contributed by atoms with Gasteiger partial charge >= 0.3 is 0 Å². The highest BCUT2D eigenvalue weighted by Gasteiger charge is 2.29. The Balaban J connectivity index is 1.39. The predicted molar refractivity (Wildman–Crippen MR) is 116 cm³/mol. The van der Waals surface area contributed by atoms with Crippen molar-refractivity contribution in [2.75, 3.05) is 32.7 Å². The molecule has 0 saturated carbocycles. The van der Waals surface area contributed by atoms with Crippen molar-refractivity contribution in [3.63, 3.8) is 0 Å². The number of pyridine rings is 1. The van der Waals surface area contributed by atoms with Crippen LogP contribution in [0.3, 0.4) is 0 Å². The lowest BCUT2D eigenvalue weighted by Gasteiger charge is -2.34. The zero-order valence-electron chi connectivity index (χ0n) is 16.7. The Labute approximate surface area is 176 Å². The number of piperazine rings is 1. The first-order valence-electron chi connectivity index (χ1n) is 9.74. The summed E-state index contributed by atoms with van der Waals surface area (Å²) in [5.74, 6) is 0. The molecule has 0 aliphatic carbocycles. The summed E-state index contributed by atoms with van der Waals surface area (Å²) in [6, 6.07) is 9.01. The number of halogens is 1.